The predicted octanol–water partition coefficient (Wildman–Crippen LogP) is 10.2. The number of benzene rings is 7. The average Bonchev–Trinajstić information content (AvgIpc) is 2.83. The highest BCUT2D eigenvalue weighted by atomic mass is 32.2. The minimum absolute atomic E-state index is 0.00671. The highest BCUT2D eigenvalue weighted by Gasteiger charge is 2.54. The topological polar surface area (TPSA) is 174 Å². The van der Waals surface area contributed by atoms with Crippen molar-refractivity contribution < 1.29 is 70.1 Å². The molecule has 0 aromatic heterocycles. The SMILES string of the molecule is CC(=O)O[C@H]1[C@H](OCc2ccccc2)[C@@H](NS(=O)(=O)c2ccccc2)[C@H](O[C@H]2[C@H](OCc3ccccc3)C=CO[C@@H]2CO[C@@H]2O[C@@H](C)[C@@H](OCc3ccccc3)[C@@H](OCc3ccccc3)[C@@H]2OCc2ccccc2)O[C@@H]1COCc1ccccc1. The van der Waals surface area contributed by atoms with Gasteiger partial charge in [0.25, 0.3) is 0 Å². The van der Waals surface area contributed by atoms with Crippen LogP contribution in [0.25, 0.3) is 0 Å². The van der Waals surface area contributed by atoms with Crippen LogP contribution in [0.4, 0.5) is 0 Å². The van der Waals surface area contributed by atoms with E-state index >= 15 is 0 Å². The molecule has 10 rings (SSSR count). The van der Waals surface area contributed by atoms with Crippen LogP contribution in [-0.2, 0) is 111 Å². The fourth-order valence-corrected chi connectivity index (χ4v) is 11.7. The Morgan fingerprint density at radius 3 is 1.38 bits per heavy atom. The van der Waals surface area contributed by atoms with Crippen molar-refractivity contribution in [3.63, 3.8) is 0 Å². The molecule has 0 aliphatic carbocycles. The third-order valence-electron chi connectivity index (χ3n) is 14.8. The van der Waals surface area contributed by atoms with Gasteiger partial charge in [-0.15, -0.1) is 0 Å². The smallest absolute Gasteiger partial charge is 0.303 e. The number of carbonyl (C=O) groups is 1. The average molecular weight is 1180 g/mol. The number of sulfonamides is 1. The van der Waals surface area contributed by atoms with Gasteiger partial charge in [0.15, 0.2) is 24.8 Å². The Kier molecular flexibility index (Phi) is 22.3. The maximum atomic E-state index is 14.7. The molecule has 3 heterocycles. The molecule has 1 N–H and O–H groups in total. The van der Waals surface area contributed by atoms with Gasteiger partial charge >= 0.3 is 5.97 Å². The molecule has 7 aromatic rings. The van der Waals surface area contributed by atoms with E-state index in [2.05, 4.69) is 4.72 Å². The summed E-state index contributed by atoms with van der Waals surface area (Å²) in [5, 5.41) is 0. The molecule has 16 nitrogen and oxygen atoms in total. The summed E-state index contributed by atoms with van der Waals surface area (Å²) < 4.78 is 113. The van der Waals surface area contributed by atoms with Crippen molar-refractivity contribution in [3.05, 3.63) is 258 Å². The Hall–Kier alpha value is -6.94. The second-order valence-electron chi connectivity index (χ2n) is 21.0. The lowest BCUT2D eigenvalue weighted by Gasteiger charge is -2.48. The van der Waals surface area contributed by atoms with Crippen LogP contribution in [-0.4, -0.2) is 107 Å². The van der Waals surface area contributed by atoms with Crippen LogP contribution in [0, 0.1) is 0 Å². The van der Waals surface area contributed by atoms with E-state index in [1.807, 2.05) is 189 Å². The summed E-state index contributed by atoms with van der Waals surface area (Å²) in [6.45, 7) is 3.97. The normalized spacial score (nSPS) is 25.8. The Morgan fingerprint density at radius 1 is 0.447 bits per heavy atom. The molecule has 7 aromatic carbocycles. The van der Waals surface area contributed by atoms with Gasteiger partial charge in [-0.1, -0.05) is 200 Å². The summed E-state index contributed by atoms with van der Waals surface area (Å²) in [7, 11) is -4.37. The first kappa shape index (κ1) is 61.2. The fraction of sp³-hybridized carbons (Fsp3) is 0.338. The second-order valence-corrected chi connectivity index (χ2v) is 22.7. The summed E-state index contributed by atoms with van der Waals surface area (Å²) >= 11 is 0. The summed E-state index contributed by atoms with van der Waals surface area (Å²) in [6, 6.07) is 64.8. The van der Waals surface area contributed by atoms with Crippen molar-refractivity contribution >= 4 is 16.0 Å². The molecule has 0 amide bonds. The van der Waals surface area contributed by atoms with Gasteiger partial charge in [0.1, 0.15) is 48.8 Å². The number of nitrogens with one attached hydrogen (secondary N) is 1. The van der Waals surface area contributed by atoms with Crippen LogP contribution in [0.3, 0.4) is 0 Å². The molecule has 2 fully saturated rings. The van der Waals surface area contributed by atoms with E-state index in [1.54, 1.807) is 24.3 Å². The first-order chi connectivity index (χ1) is 41.6. The summed E-state index contributed by atoms with van der Waals surface area (Å²) in [5.74, 6) is -0.650. The maximum absolute atomic E-state index is 14.7. The first-order valence-corrected chi connectivity index (χ1v) is 30.2. The van der Waals surface area contributed by atoms with Gasteiger partial charge in [-0.2, -0.15) is 0 Å². The van der Waals surface area contributed by atoms with E-state index in [0.717, 1.165) is 33.4 Å². The van der Waals surface area contributed by atoms with Crippen LogP contribution in [0.5, 0.6) is 0 Å². The lowest BCUT2D eigenvalue weighted by atomic mass is 9.96. The lowest BCUT2D eigenvalue weighted by molar-refractivity contribution is -0.331. The molecule has 0 spiro atoms. The highest BCUT2D eigenvalue weighted by Crippen LogP contribution is 2.35. The van der Waals surface area contributed by atoms with E-state index in [0.29, 0.717) is 6.61 Å². The van der Waals surface area contributed by atoms with Gasteiger partial charge < -0.3 is 56.8 Å². The van der Waals surface area contributed by atoms with Crippen molar-refractivity contribution in [1.82, 2.24) is 4.72 Å². The molecule has 17 heteroatoms. The molecule has 85 heavy (non-hydrogen) atoms. The quantitative estimate of drug-likeness (QED) is 0.0459. The number of carbonyl (C=O) groups excluding carboxylic acids is 1. The monoisotopic (exact) mass is 1180 g/mol. The zero-order valence-electron chi connectivity index (χ0n) is 47.6. The summed E-state index contributed by atoms with van der Waals surface area (Å²) in [4.78, 5) is 13.2. The van der Waals surface area contributed by atoms with Gasteiger partial charge in [0.05, 0.1) is 70.1 Å². The predicted molar refractivity (Wildman–Crippen MR) is 315 cm³/mol. The van der Waals surface area contributed by atoms with Gasteiger partial charge in [0, 0.05) is 6.92 Å². The van der Waals surface area contributed by atoms with E-state index in [4.69, 9.17) is 56.8 Å². The molecule has 0 unspecified atom stereocenters. The molecule has 0 radical (unpaired) electrons. The number of ether oxygens (including phenoxy) is 12. The van der Waals surface area contributed by atoms with E-state index in [9.17, 15) is 13.2 Å². The van der Waals surface area contributed by atoms with E-state index in [1.165, 1.54) is 25.3 Å². The standard InChI is InChI=1S/C68H73NO15S/c1-48-61(76-42-52-28-14-5-15-29-52)65(78-44-54-32-18-7-19-33-54)66(79-45-55-34-20-8-21-35-55)68(81-48)80-47-58-62(57(38-39-74-58)75-41-51-26-12-4-13-27-51)84-67-60(69-85(71,72)56-36-22-9-23-37-56)64(77-43-53-30-16-6-17-31-53)63(82-49(2)70)59(83-67)46-73-40-50-24-10-3-11-25-50/h3-39,48,57-69H,40-47H2,1-2H3/t48-,57+,58+,59+,60+,61+,62-,63+,64+,65+,66-,67-,68+/m0/s1. The third-order valence-corrected chi connectivity index (χ3v) is 16.2. The molecule has 0 bridgehead atoms. The van der Waals surface area contributed by atoms with Gasteiger partial charge in [-0.3, -0.25) is 4.79 Å². The highest BCUT2D eigenvalue weighted by molar-refractivity contribution is 7.89. The third kappa shape index (κ3) is 17.4. The Morgan fingerprint density at radius 2 is 0.882 bits per heavy atom. The summed E-state index contributed by atoms with van der Waals surface area (Å²) in [5.41, 5.74) is 5.41. The Labute approximate surface area is 497 Å². The molecule has 0 saturated carbocycles. The molecule has 446 valence electrons. The van der Waals surface area contributed by atoms with Gasteiger partial charge in [-0.05, 0) is 58.5 Å². The molecule has 13 atom stereocenters. The largest absolute Gasteiger partial charge is 0.493 e. The van der Waals surface area contributed by atoms with Crippen LogP contribution < -0.4 is 4.72 Å². The van der Waals surface area contributed by atoms with Crippen molar-refractivity contribution in [3.8, 4) is 0 Å². The maximum Gasteiger partial charge on any atom is 0.303 e. The van der Waals surface area contributed by atoms with Crippen LogP contribution in [0.15, 0.2) is 230 Å². The van der Waals surface area contributed by atoms with Crippen molar-refractivity contribution in [1.29, 1.82) is 0 Å². The molecule has 3 aliphatic heterocycles. The van der Waals surface area contributed by atoms with Crippen LogP contribution in [0.2, 0.25) is 0 Å². The molecule has 3 aliphatic rings. The van der Waals surface area contributed by atoms with Crippen LogP contribution in [0.1, 0.15) is 47.2 Å². The Bertz CT molecular complexity index is 3210. The molecule has 2 saturated heterocycles. The van der Waals surface area contributed by atoms with E-state index < -0.39 is 95.7 Å². The molecular formula is C68H73NO15S. The van der Waals surface area contributed by atoms with Gasteiger partial charge in [0.2, 0.25) is 10.0 Å². The van der Waals surface area contributed by atoms with Crippen molar-refractivity contribution in [2.24, 2.45) is 0 Å². The van der Waals surface area contributed by atoms with Crippen molar-refractivity contribution in [2.75, 3.05) is 13.2 Å². The Balaban J connectivity index is 0.999. The lowest BCUT2D eigenvalue weighted by Crippen LogP contribution is -2.67. The summed E-state index contributed by atoms with van der Waals surface area (Å²) in [6.07, 6.45) is -8.49. The number of hydrogen-bond acceptors (Lipinski definition) is 15. The minimum Gasteiger partial charge on any atom is -0.493 e. The second kappa shape index (κ2) is 30.9. The first-order valence-electron chi connectivity index (χ1n) is 28.7. The van der Waals surface area contributed by atoms with Crippen LogP contribution >= 0.6 is 0 Å². The number of rotatable bonds is 28. The van der Waals surface area contributed by atoms with Gasteiger partial charge in [-0.25, -0.2) is 13.1 Å². The van der Waals surface area contributed by atoms with Crippen molar-refractivity contribution in [2.45, 2.75) is 138 Å². The molecular weight excluding hydrogens is 1100 g/mol. The zero-order valence-corrected chi connectivity index (χ0v) is 48.4. The number of hydrogen-bond donors (Lipinski definition) is 1. The van der Waals surface area contributed by atoms with E-state index in [-0.39, 0.29) is 51.1 Å². The zero-order chi connectivity index (χ0) is 58.6. The minimum atomic E-state index is -4.37. The fourth-order valence-electron chi connectivity index (χ4n) is 10.5. The number of esters is 1.